The smallest absolute Gasteiger partial charge is 0.355 e. The van der Waals surface area contributed by atoms with E-state index >= 15 is 0 Å². The Balaban J connectivity index is 2.50. The third kappa shape index (κ3) is 2.86. The van der Waals surface area contributed by atoms with Gasteiger partial charge in [-0.1, -0.05) is 20.8 Å². The molecule has 2 rings (SSSR count). The maximum absolute atomic E-state index is 12.3. The van der Waals surface area contributed by atoms with Crippen molar-refractivity contribution in [3.63, 3.8) is 0 Å². The highest BCUT2D eigenvalue weighted by Gasteiger charge is 2.25. The third-order valence-electron chi connectivity index (χ3n) is 3.58. The van der Waals surface area contributed by atoms with Crippen molar-refractivity contribution in [2.75, 3.05) is 6.61 Å². The fourth-order valence-electron chi connectivity index (χ4n) is 2.20. The van der Waals surface area contributed by atoms with E-state index in [0.717, 1.165) is 11.0 Å². The fraction of sp³-hybridized carbons (Fsp3) is 0.500. The van der Waals surface area contributed by atoms with Crippen LogP contribution in [0.5, 0.6) is 0 Å². The minimum Gasteiger partial charge on any atom is -0.461 e. The molecule has 2 aromatic rings. The molecule has 0 aromatic carbocycles. The number of rotatable bonds is 4. The molecule has 0 atom stereocenters. The summed E-state index contributed by atoms with van der Waals surface area (Å²) >= 11 is 0. The molecule has 114 valence electrons. The number of esters is 1. The van der Waals surface area contributed by atoms with Crippen molar-refractivity contribution in [1.29, 1.82) is 0 Å². The Labute approximate surface area is 124 Å². The number of aromatic nitrogens is 2. The maximum atomic E-state index is 12.3. The van der Waals surface area contributed by atoms with Gasteiger partial charge in [-0.05, 0) is 19.1 Å². The van der Waals surface area contributed by atoms with Crippen molar-refractivity contribution >= 4 is 22.8 Å². The third-order valence-corrected chi connectivity index (χ3v) is 3.58. The standard InChI is InChI=1S/C16H22N2O3/c1-6-21-15(20)13-9-12-11(7-8-17(12)5)18(13)10-14(19)16(2,3)4/h7-9H,6,10H2,1-5H3. The van der Waals surface area contributed by atoms with Gasteiger partial charge in [0.2, 0.25) is 0 Å². The van der Waals surface area contributed by atoms with E-state index in [2.05, 4.69) is 0 Å². The second-order valence-electron chi connectivity index (χ2n) is 6.21. The van der Waals surface area contributed by atoms with Crippen LogP contribution < -0.4 is 0 Å². The molecule has 0 unspecified atom stereocenters. The van der Waals surface area contributed by atoms with Crippen molar-refractivity contribution in [1.82, 2.24) is 9.13 Å². The molecule has 0 aliphatic rings. The minimum atomic E-state index is -0.447. The van der Waals surface area contributed by atoms with Crippen LogP contribution in [0.1, 0.15) is 38.2 Å². The molecule has 21 heavy (non-hydrogen) atoms. The monoisotopic (exact) mass is 290 g/mol. The lowest BCUT2D eigenvalue weighted by molar-refractivity contribution is -0.126. The van der Waals surface area contributed by atoms with Gasteiger partial charge in [-0.2, -0.15) is 0 Å². The van der Waals surface area contributed by atoms with Crippen LogP contribution in [0.25, 0.3) is 11.0 Å². The summed E-state index contributed by atoms with van der Waals surface area (Å²) in [6.45, 7) is 7.89. The van der Waals surface area contributed by atoms with Crippen LogP contribution in [0.2, 0.25) is 0 Å². The molecule has 0 aliphatic carbocycles. The Morgan fingerprint density at radius 3 is 2.48 bits per heavy atom. The number of carbonyl (C=O) groups excluding carboxylic acids is 2. The van der Waals surface area contributed by atoms with Gasteiger partial charge in [0, 0.05) is 18.7 Å². The largest absolute Gasteiger partial charge is 0.461 e. The molecule has 0 saturated carbocycles. The van der Waals surface area contributed by atoms with Crippen molar-refractivity contribution in [2.24, 2.45) is 12.5 Å². The van der Waals surface area contributed by atoms with Crippen LogP contribution in [0, 0.1) is 5.41 Å². The summed E-state index contributed by atoms with van der Waals surface area (Å²) in [5.74, 6) is -0.315. The number of hydrogen-bond donors (Lipinski definition) is 0. The van der Waals surface area contributed by atoms with Gasteiger partial charge >= 0.3 is 5.97 Å². The number of fused-ring (bicyclic) bond motifs is 1. The average Bonchev–Trinajstić information content (AvgIpc) is 2.90. The van der Waals surface area contributed by atoms with E-state index in [0.29, 0.717) is 12.3 Å². The lowest BCUT2D eigenvalue weighted by atomic mass is 9.91. The Kier molecular flexibility index (Phi) is 3.94. The molecule has 2 aromatic heterocycles. The Bertz CT molecular complexity index is 686. The summed E-state index contributed by atoms with van der Waals surface area (Å²) in [6, 6.07) is 3.69. The zero-order chi connectivity index (χ0) is 15.8. The highest BCUT2D eigenvalue weighted by Crippen LogP contribution is 2.24. The first-order valence-corrected chi connectivity index (χ1v) is 7.10. The van der Waals surface area contributed by atoms with Crippen molar-refractivity contribution in [3.8, 4) is 0 Å². The summed E-state index contributed by atoms with van der Waals surface area (Å²) in [6.07, 6.45) is 1.91. The lowest BCUT2D eigenvalue weighted by Crippen LogP contribution is -2.26. The first kappa shape index (κ1) is 15.4. The number of ether oxygens (including phenoxy) is 1. The molecule has 0 amide bonds. The lowest BCUT2D eigenvalue weighted by Gasteiger charge is -2.18. The summed E-state index contributed by atoms with van der Waals surface area (Å²) in [5.41, 5.74) is 1.77. The summed E-state index contributed by atoms with van der Waals surface area (Å²) in [5, 5.41) is 0. The van der Waals surface area contributed by atoms with Gasteiger partial charge < -0.3 is 13.9 Å². The van der Waals surface area contributed by atoms with E-state index in [4.69, 9.17) is 4.74 Å². The number of aryl methyl sites for hydroxylation is 1. The highest BCUT2D eigenvalue weighted by molar-refractivity contribution is 5.96. The van der Waals surface area contributed by atoms with Gasteiger partial charge in [0.25, 0.3) is 0 Å². The van der Waals surface area contributed by atoms with Gasteiger partial charge in [0.15, 0.2) is 5.78 Å². The van der Waals surface area contributed by atoms with Crippen LogP contribution in [0.15, 0.2) is 18.3 Å². The van der Waals surface area contributed by atoms with E-state index in [1.54, 1.807) is 17.6 Å². The zero-order valence-corrected chi connectivity index (χ0v) is 13.3. The van der Waals surface area contributed by atoms with Crippen molar-refractivity contribution in [2.45, 2.75) is 34.2 Å². The molecule has 5 heteroatoms. The molecular weight excluding hydrogens is 268 g/mol. The van der Waals surface area contributed by atoms with E-state index in [9.17, 15) is 9.59 Å². The molecule has 0 radical (unpaired) electrons. The first-order chi connectivity index (χ1) is 9.75. The topological polar surface area (TPSA) is 53.2 Å². The molecule has 0 saturated heterocycles. The number of ketones is 1. The van der Waals surface area contributed by atoms with Crippen LogP contribution in [-0.4, -0.2) is 27.5 Å². The second-order valence-corrected chi connectivity index (χ2v) is 6.21. The van der Waals surface area contributed by atoms with Gasteiger partial charge in [0.1, 0.15) is 5.69 Å². The Morgan fingerprint density at radius 2 is 1.90 bits per heavy atom. The van der Waals surface area contributed by atoms with E-state index in [1.165, 1.54) is 0 Å². The average molecular weight is 290 g/mol. The summed E-state index contributed by atoms with van der Waals surface area (Å²) in [7, 11) is 1.91. The highest BCUT2D eigenvalue weighted by atomic mass is 16.5. The number of hydrogen-bond acceptors (Lipinski definition) is 3. The Hall–Kier alpha value is -2.04. The Morgan fingerprint density at radius 1 is 1.24 bits per heavy atom. The van der Waals surface area contributed by atoms with Crippen LogP contribution in [-0.2, 0) is 23.1 Å². The normalized spacial score (nSPS) is 11.9. The molecular formula is C16H22N2O3. The quantitative estimate of drug-likeness (QED) is 0.814. The SMILES string of the molecule is CCOC(=O)c1cc2c(ccn2C)n1CC(=O)C(C)(C)C. The van der Waals surface area contributed by atoms with Crippen molar-refractivity contribution in [3.05, 3.63) is 24.0 Å². The molecule has 0 fully saturated rings. The van der Waals surface area contributed by atoms with Gasteiger partial charge in [-0.25, -0.2) is 4.79 Å². The van der Waals surface area contributed by atoms with Crippen LogP contribution >= 0.6 is 0 Å². The predicted octanol–water partition coefficient (Wildman–Crippen LogP) is 2.77. The van der Waals surface area contributed by atoms with Gasteiger partial charge in [-0.15, -0.1) is 0 Å². The minimum absolute atomic E-state index is 0.0781. The van der Waals surface area contributed by atoms with Crippen LogP contribution in [0.4, 0.5) is 0 Å². The number of carbonyl (C=O) groups is 2. The molecule has 2 heterocycles. The van der Waals surface area contributed by atoms with E-state index in [1.807, 2.05) is 44.6 Å². The maximum Gasteiger partial charge on any atom is 0.355 e. The molecule has 0 aliphatic heterocycles. The molecule has 0 spiro atoms. The first-order valence-electron chi connectivity index (χ1n) is 7.10. The van der Waals surface area contributed by atoms with E-state index in [-0.39, 0.29) is 12.3 Å². The van der Waals surface area contributed by atoms with Crippen LogP contribution in [0.3, 0.4) is 0 Å². The molecule has 0 N–H and O–H groups in total. The van der Waals surface area contributed by atoms with Gasteiger partial charge in [0.05, 0.1) is 24.2 Å². The van der Waals surface area contributed by atoms with E-state index < -0.39 is 11.4 Å². The zero-order valence-electron chi connectivity index (χ0n) is 13.3. The number of nitrogens with zero attached hydrogens (tertiary/aromatic N) is 2. The predicted molar refractivity (Wildman–Crippen MR) is 81.3 cm³/mol. The van der Waals surface area contributed by atoms with Gasteiger partial charge in [-0.3, -0.25) is 4.79 Å². The summed E-state index contributed by atoms with van der Waals surface area (Å²) in [4.78, 5) is 24.4. The molecule has 5 nitrogen and oxygen atoms in total. The summed E-state index contributed by atoms with van der Waals surface area (Å²) < 4.78 is 8.77. The fourth-order valence-corrected chi connectivity index (χ4v) is 2.20. The number of Topliss-reactive ketones (excluding diaryl/α,β-unsaturated/α-hetero) is 1. The molecule has 0 bridgehead atoms. The second kappa shape index (κ2) is 5.39. The van der Waals surface area contributed by atoms with Crippen molar-refractivity contribution < 1.29 is 14.3 Å².